The van der Waals surface area contributed by atoms with Crippen LogP contribution in [0, 0.1) is 0 Å². The highest BCUT2D eigenvalue weighted by atomic mass is 35.5. The van der Waals surface area contributed by atoms with Crippen molar-refractivity contribution in [1.82, 2.24) is 9.88 Å². The van der Waals surface area contributed by atoms with Crippen LogP contribution in [0.5, 0.6) is 0 Å². The molecule has 0 aliphatic carbocycles. The lowest BCUT2D eigenvalue weighted by Crippen LogP contribution is -2.29. The first-order chi connectivity index (χ1) is 14.4. The van der Waals surface area contributed by atoms with Crippen molar-refractivity contribution in [1.29, 1.82) is 0 Å². The molecule has 3 aromatic rings. The first-order valence-electron chi connectivity index (χ1n) is 9.83. The van der Waals surface area contributed by atoms with Gasteiger partial charge in [-0.3, -0.25) is 15.0 Å². The third-order valence-electron chi connectivity index (χ3n) is 5.14. The van der Waals surface area contributed by atoms with Gasteiger partial charge < -0.3 is 0 Å². The van der Waals surface area contributed by atoms with E-state index in [0.29, 0.717) is 10.7 Å². The van der Waals surface area contributed by atoms with Gasteiger partial charge in [-0.2, -0.15) is 0 Å². The van der Waals surface area contributed by atoms with E-state index in [2.05, 4.69) is 39.5 Å². The number of benzene rings is 2. The first-order valence-corrected chi connectivity index (χ1v) is 12.3. The second-order valence-corrected chi connectivity index (χ2v) is 10.6. The van der Waals surface area contributed by atoms with Gasteiger partial charge in [0.15, 0.2) is 15.0 Å². The minimum Gasteiger partial charge on any atom is -0.298 e. The normalized spacial score (nSPS) is 13.8. The van der Waals surface area contributed by atoms with Crippen LogP contribution in [0.2, 0.25) is 0 Å². The van der Waals surface area contributed by atoms with E-state index in [0.717, 1.165) is 31.7 Å². The molecule has 1 N–H and O–H groups in total. The summed E-state index contributed by atoms with van der Waals surface area (Å²) in [6, 6.07) is 16.4. The number of amides is 1. The number of carbonyl (C=O) groups is 1. The van der Waals surface area contributed by atoms with Gasteiger partial charge in [0.1, 0.15) is 0 Å². The van der Waals surface area contributed by atoms with Gasteiger partial charge in [0.25, 0.3) is 5.91 Å². The number of aromatic nitrogens is 1. The molecule has 0 saturated heterocycles. The summed E-state index contributed by atoms with van der Waals surface area (Å²) in [5, 5.41) is 3.43. The Bertz CT molecular complexity index is 1150. The Hall–Kier alpha value is -2.26. The van der Waals surface area contributed by atoms with E-state index >= 15 is 0 Å². The molecule has 0 bridgehead atoms. The van der Waals surface area contributed by atoms with E-state index in [1.165, 1.54) is 46.0 Å². The Balaban J connectivity index is 0.00000272. The molecule has 0 spiro atoms. The highest BCUT2D eigenvalue weighted by Crippen LogP contribution is 2.29. The molecule has 0 fully saturated rings. The average Bonchev–Trinajstić information content (AvgIpc) is 3.16. The molecule has 9 heteroatoms. The number of hydrogen-bond donors (Lipinski definition) is 1. The number of carbonyl (C=O) groups excluding carboxylic acids is 1. The number of nitrogens with one attached hydrogen (secondary N) is 1. The van der Waals surface area contributed by atoms with E-state index in [1.807, 2.05) is 6.07 Å². The van der Waals surface area contributed by atoms with Crippen LogP contribution in [0.4, 0.5) is 5.13 Å². The summed E-state index contributed by atoms with van der Waals surface area (Å²) in [7, 11) is -3.28. The molecule has 1 aromatic heterocycles. The van der Waals surface area contributed by atoms with Gasteiger partial charge in [-0.25, -0.2) is 13.4 Å². The Labute approximate surface area is 192 Å². The summed E-state index contributed by atoms with van der Waals surface area (Å²) < 4.78 is 23.8. The van der Waals surface area contributed by atoms with E-state index in [1.54, 1.807) is 6.92 Å². The second-order valence-electron chi connectivity index (χ2n) is 7.22. The molecule has 31 heavy (non-hydrogen) atoms. The molecule has 2 aromatic carbocycles. The highest BCUT2D eigenvalue weighted by Gasteiger charge is 2.22. The Morgan fingerprint density at radius 2 is 1.84 bits per heavy atom. The lowest BCUT2D eigenvalue weighted by molar-refractivity contribution is 0.102. The van der Waals surface area contributed by atoms with Crippen molar-refractivity contribution in [2.75, 3.05) is 17.6 Å². The van der Waals surface area contributed by atoms with Gasteiger partial charge in [0.2, 0.25) is 0 Å². The molecule has 0 atom stereocenters. The minimum absolute atomic E-state index is 0. The lowest BCUT2D eigenvalue weighted by atomic mass is 10.1. The van der Waals surface area contributed by atoms with Crippen LogP contribution >= 0.6 is 23.7 Å². The number of fused-ring (bicyclic) bond motifs is 1. The molecule has 164 valence electrons. The summed E-state index contributed by atoms with van der Waals surface area (Å²) in [6.45, 7) is 4.25. The average molecular weight is 478 g/mol. The third kappa shape index (κ3) is 5.51. The first kappa shape index (κ1) is 23.4. The van der Waals surface area contributed by atoms with Gasteiger partial charge in [0, 0.05) is 36.5 Å². The molecule has 0 saturated carbocycles. The smallest absolute Gasteiger partial charge is 0.257 e. The predicted molar refractivity (Wildman–Crippen MR) is 126 cm³/mol. The van der Waals surface area contributed by atoms with Crippen LogP contribution in [0.1, 0.15) is 33.4 Å². The van der Waals surface area contributed by atoms with Crippen LogP contribution in [0.15, 0.2) is 59.5 Å². The summed E-state index contributed by atoms with van der Waals surface area (Å²) in [5.41, 5.74) is 2.74. The maximum atomic E-state index is 12.6. The highest BCUT2D eigenvalue weighted by molar-refractivity contribution is 7.91. The Morgan fingerprint density at radius 1 is 1.13 bits per heavy atom. The third-order valence-corrected chi connectivity index (χ3v) is 7.88. The topological polar surface area (TPSA) is 79.4 Å². The van der Waals surface area contributed by atoms with Gasteiger partial charge >= 0.3 is 0 Å². The molecular formula is C22H24ClN3O3S2. The van der Waals surface area contributed by atoms with Crippen LogP contribution in [0.25, 0.3) is 0 Å². The summed E-state index contributed by atoms with van der Waals surface area (Å²) in [4.78, 5) is 20.9. The number of anilines is 1. The molecule has 1 aliphatic rings. The Morgan fingerprint density at radius 3 is 2.52 bits per heavy atom. The van der Waals surface area contributed by atoms with Crippen molar-refractivity contribution >= 4 is 44.6 Å². The summed E-state index contributed by atoms with van der Waals surface area (Å²) in [5.74, 6) is -0.257. The van der Waals surface area contributed by atoms with Gasteiger partial charge in [-0.1, -0.05) is 37.3 Å². The molecule has 0 unspecified atom stereocenters. The second kappa shape index (κ2) is 9.91. The molecular weight excluding hydrogens is 454 g/mol. The van der Waals surface area contributed by atoms with Crippen LogP contribution in [-0.2, 0) is 29.3 Å². The molecule has 1 aliphatic heterocycles. The minimum atomic E-state index is -3.28. The van der Waals surface area contributed by atoms with Gasteiger partial charge in [-0.05, 0) is 29.8 Å². The number of rotatable bonds is 6. The zero-order valence-electron chi connectivity index (χ0n) is 17.1. The van der Waals surface area contributed by atoms with Gasteiger partial charge in [-0.15, -0.1) is 23.7 Å². The zero-order valence-corrected chi connectivity index (χ0v) is 19.5. The molecule has 1 amide bonds. The Kier molecular flexibility index (Phi) is 7.48. The van der Waals surface area contributed by atoms with E-state index in [-0.39, 0.29) is 29.0 Å². The molecule has 0 radical (unpaired) electrons. The monoisotopic (exact) mass is 477 g/mol. The summed E-state index contributed by atoms with van der Waals surface area (Å²) >= 11 is 1.50. The molecule has 4 rings (SSSR count). The fourth-order valence-corrected chi connectivity index (χ4v) is 5.36. The van der Waals surface area contributed by atoms with Crippen molar-refractivity contribution in [2.24, 2.45) is 0 Å². The molecule has 6 nitrogen and oxygen atoms in total. The lowest BCUT2D eigenvalue weighted by Gasteiger charge is -2.25. The number of sulfone groups is 1. The van der Waals surface area contributed by atoms with Crippen LogP contribution in [0.3, 0.4) is 0 Å². The van der Waals surface area contributed by atoms with Crippen molar-refractivity contribution in [3.8, 4) is 0 Å². The van der Waals surface area contributed by atoms with Crippen molar-refractivity contribution < 1.29 is 13.2 Å². The maximum absolute atomic E-state index is 12.6. The van der Waals surface area contributed by atoms with Crippen molar-refractivity contribution in [3.63, 3.8) is 0 Å². The SMILES string of the molecule is CCS(=O)(=O)c1ccc(C(=O)Nc2nc3c(s2)CN(Cc2ccccc2)CC3)cc1.Cl. The number of nitrogens with zero attached hydrogens (tertiary/aromatic N) is 2. The predicted octanol–water partition coefficient (Wildman–Crippen LogP) is 4.17. The fourth-order valence-electron chi connectivity index (χ4n) is 3.43. The zero-order chi connectivity index (χ0) is 21.1. The van der Waals surface area contributed by atoms with E-state index in [9.17, 15) is 13.2 Å². The fraction of sp³-hybridized carbons (Fsp3) is 0.273. The number of thiazole rings is 1. The van der Waals surface area contributed by atoms with Crippen LogP contribution in [-0.4, -0.2) is 36.5 Å². The number of halogens is 1. The number of hydrogen-bond acceptors (Lipinski definition) is 6. The quantitative estimate of drug-likeness (QED) is 0.576. The van der Waals surface area contributed by atoms with E-state index < -0.39 is 9.84 Å². The summed E-state index contributed by atoms with van der Waals surface area (Å²) in [6.07, 6.45) is 0.859. The largest absolute Gasteiger partial charge is 0.298 e. The maximum Gasteiger partial charge on any atom is 0.257 e. The molecule has 2 heterocycles. The van der Waals surface area contributed by atoms with Crippen LogP contribution < -0.4 is 5.32 Å². The standard InChI is InChI=1S/C22H23N3O3S2.ClH/c1-2-30(27,28)18-10-8-17(9-11-18)21(26)24-22-23-19-12-13-25(15-20(19)29-22)14-16-6-4-3-5-7-16;/h3-11H,2,12-15H2,1H3,(H,23,24,26);1H. The van der Waals surface area contributed by atoms with Gasteiger partial charge in [0.05, 0.1) is 16.3 Å². The van der Waals surface area contributed by atoms with E-state index in [4.69, 9.17) is 0 Å². The van der Waals surface area contributed by atoms with Crippen molar-refractivity contribution in [3.05, 3.63) is 76.3 Å². The van der Waals surface area contributed by atoms with Crippen molar-refractivity contribution in [2.45, 2.75) is 31.3 Å².